The van der Waals surface area contributed by atoms with Gasteiger partial charge < -0.3 is 10.1 Å². The normalized spacial score (nSPS) is 21.0. The highest BCUT2D eigenvalue weighted by Crippen LogP contribution is 2.31. The third-order valence-electron chi connectivity index (χ3n) is 4.46. The summed E-state index contributed by atoms with van der Waals surface area (Å²) in [5.41, 5.74) is 1.17. The zero-order valence-corrected chi connectivity index (χ0v) is 12.8. The van der Waals surface area contributed by atoms with Crippen molar-refractivity contribution in [3.05, 3.63) is 35.1 Å². The molecule has 0 aliphatic carbocycles. The van der Waals surface area contributed by atoms with E-state index >= 15 is 0 Å². The van der Waals surface area contributed by atoms with Crippen molar-refractivity contribution in [2.75, 3.05) is 6.61 Å². The monoisotopic (exact) mass is 290 g/mol. The van der Waals surface area contributed by atoms with Gasteiger partial charge in [0.1, 0.15) is 5.82 Å². The first-order valence-electron chi connectivity index (χ1n) is 7.67. The molecule has 0 aromatic heterocycles. The molecule has 1 aromatic carbocycles. The topological polar surface area (TPSA) is 45.0 Å². The van der Waals surface area contributed by atoms with Crippen LogP contribution in [0.3, 0.4) is 0 Å². The standard InChI is InChI=1S/C17H23FN2O/c1-3-17(4-2)10-16(5-6-21-17)20-12-14-7-13(11-19)8-15(18)9-14/h7-9,16,20H,3-6,10,12H2,1-2H3. The molecule has 4 heteroatoms. The molecule has 21 heavy (non-hydrogen) atoms. The highest BCUT2D eigenvalue weighted by molar-refractivity contribution is 5.33. The molecule has 0 saturated carbocycles. The van der Waals surface area contributed by atoms with Crippen molar-refractivity contribution >= 4 is 0 Å². The van der Waals surface area contributed by atoms with Gasteiger partial charge in [0.25, 0.3) is 0 Å². The van der Waals surface area contributed by atoms with Crippen molar-refractivity contribution in [2.24, 2.45) is 0 Å². The molecule has 1 aromatic rings. The number of ether oxygens (including phenoxy) is 1. The van der Waals surface area contributed by atoms with Crippen LogP contribution in [0.25, 0.3) is 0 Å². The quantitative estimate of drug-likeness (QED) is 0.902. The minimum absolute atomic E-state index is 0.0182. The highest BCUT2D eigenvalue weighted by atomic mass is 19.1. The van der Waals surface area contributed by atoms with E-state index in [2.05, 4.69) is 19.2 Å². The van der Waals surface area contributed by atoms with E-state index in [9.17, 15) is 4.39 Å². The smallest absolute Gasteiger partial charge is 0.124 e. The molecule has 1 heterocycles. The van der Waals surface area contributed by atoms with Crippen molar-refractivity contribution in [3.63, 3.8) is 0 Å². The van der Waals surface area contributed by atoms with Gasteiger partial charge in [-0.1, -0.05) is 13.8 Å². The zero-order chi connectivity index (χ0) is 15.3. The second-order valence-corrected chi connectivity index (χ2v) is 5.77. The van der Waals surface area contributed by atoms with Gasteiger partial charge in [0.15, 0.2) is 0 Å². The number of rotatable bonds is 5. The van der Waals surface area contributed by atoms with Crippen molar-refractivity contribution in [2.45, 2.75) is 57.7 Å². The fourth-order valence-electron chi connectivity index (χ4n) is 3.02. The van der Waals surface area contributed by atoms with Crippen LogP contribution in [-0.4, -0.2) is 18.2 Å². The van der Waals surface area contributed by atoms with Crippen molar-refractivity contribution < 1.29 is 9.13 Å². The fourth-order valence-corrected chi connectivity index (χ4v) is 3.02. The van der Waals surface area contributed by atoms with Gasteiger partial charge in [0, 0.05) is 19.2 Å². The molecule has 3 nitrogen and oxygen atoms in total. The number of nitrogens with one attached hydrogen (secondary N) is 1. The zero-order valence-electron chi connectivity index (χ0n) is 12.8. The number of nitrogens with zero attached hydrogens (tertiary/aromatic N) is 1. The average molecular weight is 290 g/mol. The van der Waals surface area contributed by atoms with Gasteiger partial charge in [-0.15, -0.1) is 0 Å². The lowest BCUT2D eigenvalue weighted by atomic mass is 9.86. The molecule has 1 unspecified atom stereocenters. The van der Waals surface area contributed by atoms with E-state index in [1.165, 1.54) is 12.1 Å². The number of benzene rings is 1. The lowest BCUT2D eigenvalue weighted by molar-refractivity contribution is -0.0932. The van der Waals surface area contributed by atoms with E-state index < -0.39 is 0 Å². The Labute approximate surface area is 126 Å². The van der Waals surface area contributed by atoms with Crippen LogP contribution in [0.4, 0.5) is 4.39 Å². The van der Waals surface area contributed by atoms with Gasteiger partial charge in [0.2, 0.25) is 0 Å². The molecule has 1 saturated heterocycles. The lowest BCUT2D eigenvalue weighted by Gasteiger charge is -2.40. The molecule has 0 radical (unpaired) electrons. The molecule has 114 valence electrons. The molecule has 1 fully saturated rings. The van der Waals surface area contributed by atoms with Crippen molar-refractivity contribution in [1.82, 2.24) is 5.32 Å². The van der Waals surface area contributed by atoms with Crippen molar-refractivity contribution in [1.29, 1.82) is 5.26 Å². The summed E-state index contributed by atoms with van der Waals surface area (Å²) >= 11 is 0. The Morgan fingerprint density at radius 1 is 1.38 bits per heavy atom. The van der Waals surface area contributed by atoms with Gasteiger partial charge >= 0.3 is 0 Å². The Kier molecular flexibility index (Phi) is 5.33. The van der Waals surface area contributed by atoms with Crippen LogP contribution in [-0.2, 0) is 11.3 Å². The molecule has 1 aliphatic heterocycles. The van der Waals surface area contributed by atoms with Crippen molar-refractivity contribution in [3.8, 4) is 6.07 Å². The van der Waals surface area contributed by atoms with E-state index in [1.54, 1.807) is 6.07 Å². The molecular weight excluding hydrogens is 267 g/mol. The van der Waals surface area contributed by atoms with Crippen LogP contribution in [0.5, 0.6) is 0 Å². The molecule has 0 bridgehead atoms. The Morgan fingerprint density at radius 3 is 2.81 bits per heavy atom. The van der Waals surface area contributed by atoms with E-state index in [0.29, 0.717) is 18.2 Å². The molecule has 0 amide bonds. The summed E-state index contributed by atoms with van der Waals surface area (Å²) in [5.74, 6) is -0.353. The Balaban J connectivity index is 1.97. The first-order chi connectivity index (χ1) is 10.1. The maximum Gasteiger partial charge on any atom is 0.124 e. The van der Waals surface area contributed by atoms with Gasteiger partial charge in [-0.25, -0.2) is 4.39 Å². The predicted molar refractivity (Wildman–Crippen MR) is 80.2 cm³/mol. The summed E-state index contributed by atoms with van der Waals surface area (Å²) in [6.07, 6.45) is 3.99. The third-order valence-corrected chi connectivity index (χ3v) is 4.46. The molecule has 1 aliphatic rings. The molecule has 0 spiro atoms. The summed E-state index contributed by atoms with van der Waals surface area (Å²) in [4.78, 5) is 0. The largest absolute Gasteiger partial charge is 0.375 e. The molecule has 2 rings (SSSR count). The Morgan fingerprint density at radius 2 is 2.14 bits per heavy atom. The van der Waals surface area contributed by atoms with Crippen LogP contribution in [0.15, 0.2) is 18.2 Å². The van der Waals surface area contributed by atoms with E-state index in [1.807, 2.05) is 6.07 Å². The minimum atomic E-state index is -0.353. The highest BCUT2D eigenvalue weighted by Gasteiger charge is 2.34. The summed E-state index contributed by atoms with van der Waals surface area (Å²) < 4.78 is 19.4. The maximum atomic E-state index is 13.4. The van der Waals surface area contributed by atoms with Crippen LogP contribution >= 0.6 is 0 Å². The summed E-state index contributed by atoms with van der Waals surface area (Å²) in [7, 11) is 0. The van der Waals surface area contributed by atoms with Gasteiger partial charge in [-0.2, -0.15) is 5.26 Å². The number of hydrogen-bond acceptors (Lipinski definition) is 3. The number of hydrogen-bond donors (Lipinski definition) is 1. The molecule has 1 N–H and O–H groups in total. The van der Waals surface area contributed by atoms with Crippen LogP contribution in [0.1, 0.15) is 50.7 Å². The summed E-state index contributed by atoms with van der Waals surface area (Å²) in [6, 6.07) is 6.86. The first-order valence-corrected chi connectivity index (χ1v) is 7.67. The fraction of sp³-hybridized carbons (Fsp3) is 0.588. The van der Waals surface area contributed by atoms with Crippen LogP contribution in [0, 0.1) is 17.1 Å². The van der Waals surface area contributed by atoms with Crippen LogP contribution in [0.2, 0.25) is 0 Å². The van der Waals surface area contributed by atoms with Gasteiger partial charge in [0.05, 0.1) is 17.2 Å². The van der Waals surface area contributed by atoms with E-state index in [0.717, 1.165) is 37.9 Å². The second-order valence-electron chi connectivity index (χ2n) is 5.77. The lowest BCUT2D eigenvalue weighted by Crippen LogP contribution is -2.46. The number of nitriles is 1. The second kappa shape index (κ2) is 7.02. The Bertz CT molecular complexity index is 520. The number of halogens is 1. The SMILES string of the molecule is CCC1(CC)CC(NCc2cc(F)cc(C#N)c2)CCO1. The molecule has 1 atom stereocenters. The first kappa shape index (κ1) is 15.9. The van der Waals surface area contributed by atoms with Gasteiger partial charge in [-0.3, -0.25) is 0 Å². The minimum Gasteiger partial charge on any atom is -0.375 e. The maximum absolute atomic E-state index is 13.4. The summed E-state index contributed by atoms with van der Waals surface area (Å²) in [5, 5.41) is 12.4. The van der Waals surface area contributed by atoms with E-state index in [-0.39, 0.29) is 11.4 Å². The van der Waals surface area contributed by atoms with Gasteiger partial charge in [-0.05, 0) is 49.4 Å². The summed E-state index contributed by atoms with van der Waals surface area (Å²) in [6.45, 7) is 5.68. The average Bonchev–Trinajstić information content (AvgIpc) is 2.52. The Hall–Kier alpha value is -1.44. The predicted octanol–water partition coefficient (Wildman–Crippen LogP) is 3.52. The molecular formula is C17H23FN2O. The van der Waals surface area contributed by atoms with Crippen LogP contribution < -0.4 is 5.32 Å². The third kappa shape index (κ3) is 4.03. The van der Waals surface area contributed by atoms with E-state index in [4.69, 9.17) is 10.00 Å².